The number of carbonyl (C=O) groups excluding carboxylic acids is 2. The maximum absolute atomic E-state index is 12.9. The van der Waals surface area contributed by atoms with E-state index in [4.69, 9.17) is 9.47 Å². The number of carbonyl (C=O) groups is 2. The predicted molar refractivity (Wildman–Crippen MR) is 107 cm³/mol. The molecule has 0 N–H and O–H groups in total. The van der Waals surface area contributed by atoms with Gasteiger partial charge in [0, 0.05) is 0 Å². The average molecular weight is 381 g/mol. The van der Waals surface area contributed by atoms with E-state index in [9.17, 15) is 9.59 Å². The van der Waals surface area contributed by atoms with E-state index in [1.54, 1.807) is 4.90 Å². The molecule has 0 unspecified atom stereocenters. The molecular formula is C23H27NO4. The molecule has 3 rings (SSSR count). The number of benzene rings is 2. The Hall–Kier alpha value is -2.82. The van der Waals surface area contributed by atoms with Crippen LogP contribution in [0, 0.1) is 0 Å². The second-order valence-electron chi connectivity index (χ2n) is 7.40. The summed E-state index contributed by atoms with van der Waals surface area (Å²) >= 11 is 0. The summed E-state index contributed by atoms with van der Waals surface area (Å²) in [5.41, 5.74) is 3.15. The summed E-state index contributed by atoms with van der Waals surface area (Å²) in [4.78, 5) is 26.7. The van der Waals surface area contributed by atoms with Crippen LogP contribution in [0.1, 0.15) is 55.3 Å². The third-order valence-electron chi connectivity index (χ3n) is 5.26. The van der Waals surface area contributed by atoms with Crippen LogP contribution in [0.2, 0.25) is 0 Å². The molecule has 0 aromatic heterocycles. The third kappa shape index (κ3) is 4.35. The van der Waals surface area contributed by atoms with Gasteiger partial charge in [-0.05, 0) is 35.4 Å². The summed E-state index contributed by atoms with van der Waals surface area (Å²) in [6.45, 7) is 4.46. The van der Waals surface area contributed by atoms with E-state index in [-0.39, 0.29) is 12.6 Å². The Kier molecular flexibility index (Phi) is 6.34. The predicted octanol–water partition coefficient (Wildman–Crippen LogP) is 4.83. The highest BCUT2D eigenvalue weighted by Crippen LogP contribution is 2.37. The van der Waals surface area contributed by atoms with Gasteiger partial charge in [0.05, 0.1) is 13.2 Å². The fraction of sp³-hybridized carbons (Fsp3) is 0.391. The van der Waals surface area contributed by atoms with E-state index in [0.29, 0.717) is 18.8 Å². The van der Waals surface area contributed by atoms with Crippen LogP contribution in [0.4, 0.5) is 4.79 Å². The first-order chi connectivity index (χ1) is 13.5. The molecule has 2 aromatic carbocycles. The first-order valence-corrected chi connectivity index (χ1v) is 9.68. The summed E-state index contributed by atoms with van der Waals surface area (Å²) in [6.07, 6.45) is 0.764. The number of rotatable bonds is 5. The maximum Gasteiger partial charge on any atom is 0.411 e. The van der Waals surface area contributed by atoms with Crippen LogP contribution in [0.25, 0.3) is 0 Å². The van der Waals surface area contributed by atoms with Crippen molar-refractivity contribution in [1.82, 2.24) is 4.90 Å². The summed E-state index contributed by atoms with van der Waals surface area (Å²) in [5, 5.41) is 0. The van der Waals surface area contributed by atoms with Gasteiger partial charge in [-0.2, -0.15) is 0 Å². The Labute approximate surface area is 166 Å². The monoisotopic (exact) mass is 381 g/mol. The van der Waals surface area contributed by atoms with Crippen LogP contribution < -0.4 is 0 Å². The highest BCUT2D eigenvalue weighted by atomic mass is 16.6. The Balaban J connectivity index is 1.80. The highest BCUT2D eigenvalue weighted by Gasteiger charge is 2.43. The summed E-state index contributed by atoms with van der Waals surface area (Å²) < 4.78 is 10.5. The Morgan fingerprint density at radius 1 is 1.04 bits per heavy atom. The van der Waals surface area contributed by atoms with Gasteiger partial charge in [0.2, 0.25) is 0 Å². The Morgan fingerprint density at radius 3 is 2.32 bits per heavy atom. The lowest BCUT2D eigenvalue weighted by molar-refractivity contribution is -0.145. The lowest BCUT2D eigenvalue weighted by Gasteiger charge is -2.28. The van der Waals surface area contributed by atoms with Gasteiger partial charge in [0.25, 0.3) is 0 Å². The second kappa shape index (κ2) is 8.91. The number of ether oxygens (including phenoxy) is 2. The van der Waals surface area contributed by atoms with E-state index in [1.165, 1.54) is 12.7 Å². The minimum Gasteiger partial charge on any atom is -0.467 e. The molecule has 1 heterocycles. The van der Waals surface area contributed by atoms with Gasteiger partial charge < -0.3 is 9.47 Å². The summed E-state index contributed by atoms with van der Waals surface area (Å²) in [7, 11) is 1.35. The lowest BCUT2D eigenvalue weighted by atomic mass is 9.98. The van der Waals surface area contributed by atoms with Crippen molar-refractivity contribution in [3.63, 3.8) is 0 Å². The molecule has 0 spiro atoms. The topological polar surface area (TPSA) is 55.8 Å². The van der Waals surface area contributed by atoms with Crippen LogP contribution in [0.15, 0.2) is 54.6 Å². The molecule has 0 radical (unpaired) electrons. The van der Waals surface area contributed by atoms with Gasteiger partial charge in [-0.1, -0.05) is 68.4 Å². The van der Waals surface area contributed by atoms with Crippen LogP contribution in [0.5, 0.6) is 0 Å². The quantitative estimate of drug-likeness (QED) is 0.697. The molecule has 1 fully saturated rings. The van der Waals surface area contributed by atoms with Gasteiger partial charge in [-0.3, -0.25) is 4.90 Å². The molecule has 0 aliphatic carbocycles. The van der Waals surface area contributed by atoms with Crippen molar-refractivity contribution in [3.8, 4) is 0 Å². The molecule has 148 valence electrons. The van der Waals surface area contributed by atoms with Crippen molar-refractivity contribution in [2.24, 2.45) is 0 Å². The molecule has 28 heavy (non-hydrogen) atoms. The zero-order valence-electron chi connectivity index (χ0n) is 16.6. The van der Waals surface area contributed by atoms with E-state index in [1.807, 2.05) is 42.5 Å². The second-order valence-corrected chi connectivity index (χ2v) is 7.40. The van der Waals surface area contributed by atoms with Crippen molar-refractivity contribution >= 4 is 12.1 Å². The normalized spacial score (nSPS) is 18.9. The third-order valence-corrected chi connectivity index (χ3v) is 5.26. The first-order valence-electron chi connectivity index (χ1n) is 9.68. The molecule has 0 saturated carbocycles. The van der Waals surface area contributed by atoms with Crippen molar-refractivity contribution in [2.75, 3.05) is 7.11 Å². The van der Waals surface area contributed by atoms with Gasteiger partial charge in [-0.15, -0.1) is 0 Å². The number of methoxy groups -OCH3 is 1. The molecule has 1 aliphatic rings. The van der Waals surface area contributed by atoms with E-state index in [0.717, 1.165) is 11.1 Å². The number of nitrogens with zero attached hydrogens (tertiary/aromatic N) is 1. The molecule has 1 aliphatic heterocycles. The highest BCUT2D eigenvalue weighted by molar-refractivity contribution is 5.82. The van der Waals surface area contributed by atoms with E-state index in [2.05, 4.69) is 26.0 Å². The van der Waals surface area contributed by atoms with Gasteiger partial charge in [0.15, 0.2) is 0 Å². The van der Waals surface area contributed by atoms with Crippen molar-refractivity contribution < 1.29 is 19.1 Å². The van der Waals surface area contributed by atoms with Crippen LogP contribution in [0.3, 0.4) is 0 Å². The van der Waals surface area contributed by atoms with Crippen LogP contribution in [-0.4, -0.2) is 30.1 Å². The zero-order valence-corrected chi connectivity index (χ0v) is 16.6. The summed E-state index contributed by atoms with van der Waals surface area (Å²) in [6, 6.07) is 16.9. The standard InChI is InChI=1S/C23H27NO4/c1-16(2)18-9-11-19(12-10-18)20-13-14-21(22(25)27-3)24(20)23(26)28-15-17-7-5-4-6-8-17/h4-12,16,20-21H,13-15H2,1-3H3/t20-,21+/m1/s1. The number of hydrogen-bond donors (Lipinski definition) is 0. The molecule has 0 bridgehead atoms. The van der Waals surface area contributed by atoms with Crippen molar-refractivity contribution in [2.45, 2.75) is 51.3 Å². The minimum absolute atomic E-state index is 0.170. The average Bonchev–Trinajstić information content (AvgIpc) is 3.17. The largest absolute Gasteiger partial charge is 0.467 e. The van der Waals surface area contributed by atoms with Crippen molar-refractivity contribution in [1.29, 1.82) is 0 Å². The fourth-order valence-electron chi connectivity index (χ4n) is 3.66. The molecule has 2 aromatic rings. The molecule has 1 amide bonds. The number of likely N-dealkylation sites (tertiary alicyclic amines) is 1. The number of amides is 1. The molecule has 1 saturated heterocycles. The van der Waals surface area contributed by atoms with Crippen LogP contribution >= 0.6 is 0 Å². The molecular weight excluding hydrogens is 354 g/mol. The Bertz CT molecular complexity index is 801. The lowest BCUT2D eigenvalue weighted by Crippen LogP contribution is -2.42. The smallest absolute Gasteiger partial charge is 0.411 e. The summed E-state index contributed by atoms with van der Waals surface area (Å²) in [5.74, 6) is 0.0327. The maximum atomic E-state index is 12.9. The first kappa shape index (κ1) is 19.9. The van der Waals surface area contributed by atoms with Gasteiger partial charge in [-0.25, -0.2) is 9.59 Å². The molecule has 2 atom stereocenters. The molecule has 5 nitrogen and oxygen atoms in total. The van der Waals surface area contributed by atoms with E-state index < -0.39 is 18.1 Å². The van der Waals surface area contributed by atoms with Gasteiger partial charge >= 0.3 is 12.1 Å². The van der Waals surface area contributed by atoms with Crippen LogP contribution in [-0.2, 0) is 20.9 Å². The van der Waals surface area contributed by atoms with Gasteiger partial charge in [0.1, 0.15) is 12.6 Å². The zero-order chi connectivity index (χ0) is 20.1. The number of esters is 1. The molecule has 5 heteroatoms. The Morgan fingerprint density at radius 2 is 1.71 bits per heavy atom. The minimum atomic E-state index is -0.622. The SMILES string of the molecule is COC(=O)[C@@H]1CC[C@H](c2ccc(C(C)C)cc2)N1C(=O)OCc1ccccc1. The fourth-order valence-corrected chi connectivity index (χ4v) is 3.66. The number of hydrogen-bond acceptors (Lipinski definition) is 4. The van der Waals surface area contributed by atoms with Crippen molar-refractivity contribution in [3.05, 3.63) is 71.3 Å². The van der Waals surface area contributed by atoms with E-state index >= 15 is 0 Å².